The summed E-state index contributed by atoms with van der Waals surface area (Å²) >= 11 is 6.74. The molecule has 2 aromatic carbocycles. The van der Waals surface area contributed by atoms with Crippen LogP contribution in [0.4, 0.5) is 11.4 Å². The van der Waals surface area contributed by atoms with Crippen molar-refractivity contribution in [2.75, 3.05) is 10.6 Å². The third-order valence-corrected chi connectivity index (χ3v) is 3.81. The van der Waals surface area contributed by atoms with Crippen LogP contribution in [0.1, 0.15) is 12.5 Å². The molecule has 2 aromatic rings. The highest BCUT2D eigenvalue weighted by Crippen LogP contribution is 2.26. The topological polar surface area (TPSA) is 58.2 Å². The smallest absolute Gasteiger partial charge is 0.228 e. The van der Waals surface area contributed by atoms with Gasteiger partial charge in [-0.1, -0.05) is 44.0 Å². The van der Waals surface area contributed by atoms with Crippen LogP contribution in [0, 0.1) is 0 Å². The first-order valence-electron chi connectivity index (χ1n) is 6.55. The molecule has 4 nitrogen and oxygen atoms in total. The molecule has 6 heteroatoms. The van der Waals surface area contributed by atoms with Crippen molar-refractivity contribution in [3.05, 3.63) is 57.0 Å². The van der Waals surface area contributed by atoms with Crippen molar-refractivity contribution in [1.82, 2.24) is 0 Å². The molecule has 0 aliphatic heterocycles. The van der Waals surface area contributed by atoms with Gasteiger partial charge in [0.2, 0.25) is 11.8 Å². The average Bonchev–Trinajstić information content (AvgIpc) is 2.41. The Bertz CT molecular complexity index is 717. The van der Waals surface area contributed by atoms with E-state index in [1.807, 2.05) is 24.3 Å². The highest BCUT2D eigenvalue weighted by molar-refractivity contribution is 9.10. The second-order valence-corrected chi connectivity index (χ2v) is 6.56. The van der Waals surface area contributed by atoms with Gasteiger partial charge in [0.05, 0.1) is 17.8 Å². The minimum Gasteiger partial charge on any atom is -0.325 e. The van der Waals surface area contributed by atoms with Crippen molar-refractivity contribution in [1.29, 1.82) is 0 Å². The zero-order chi connectivity index (χ0) is 16.1. The standard InChI is InChI=1S/C16H14Br2N2O2/c1-10(21)19-14-6-5-13(18)9-15(14)20-16(22)8-11-3-2-4-12(17)7-11/h2-7,9H,8H2,1H3,(H,19,21)(H,20,22). The lowest BCUT2D eigenvalue weighted by Crippen LogP contribution is -2.17. The van der Waals surface area contributed by atoms with Crippen LogP contribution in [0.25, 0.3) is 0 Å². The lowest BCUT2D eigenvalue weighted by atomic mass is 10.1. The Morgan fingerprint density at radius 2 is 1.68 bits per heavy atom. The highest BCUT2D eigenvalue weighted by atomic mass is 79.9. The number of nitrogens with one attached hydrogen (secondary N) is 2. The van der Waals surface area contributed by atoms with Gasteiger partial charge in [0, 0.05) is 15.9 Å². The molecule has 2 N–H and O–H groups in total. The molecule has 0 aromatic heterocycles. The van der Waals surface area contributed by atoms with Gasteiger partial charge in [-0.2, -0.15) is 0 Å². The van der Waals surface area contributed by atoms with Gasteiger partial charge in [0.15, 0.2) is 0 Å². The summed E-state index contributed by atoms with van der Waals surface area (Å²) in [5, 5.41) is 5.52. The van der Waals surface area contributed by atoms with E-state index >= 15 is 0 Å². The number of hydrogen-bond donors (Lipinski definition) is 2. The number of carbonyl (C=O) groups is 2. The number of halogens is 2. The minimum atomic E-state index is -0.190. The normalized spacial score (nSPS) is 10.1. The van der Waals surface area contributed by atoms with Crippen LogP contribution in [0.15, 0.2) is 51.4 Å². The molecule has 22 heavy (non-hydrogen) atoms. The number of rotatable bonds is 4. The van der Waals surface area contributed by atoms with Crippen molar-refractivity contribution < 1.29 is 9.59 Å². The quantitative estimate of drug-likeness (QED) is 0.764. The van der Waals surface area contributed by atoms with Crippen LogP contribution in [0.2, 0.25) is 0 Å². The number of benzene rings is 2. The third-order valence-electron chi connectivity index (χ3n) is 2.82. The maximum absolute atomic E-state index is 12.2. The first kappa shape index (κ1) is 16.7. The van der Waals surface area contributed by atoms with E-state index in [2.05, 4.69) is 42.5 Å². The van der Waals surface area contributed by atoms with Crippen molar-refractivity contribution >= 4 is 55.0 Å². The summed E-state index contributed by atoms with van der Waals surface area (Å²) in [7, 11) is 0. The Hall–Kier alpha value is -1.66. The van der Waals surface area contributed by atoms with Crippen molar-refractivity contribution in [3.8, 4) is 0 Å². The second kappa shape index (κ2) is 7.56. The van der Waals surface area contributed by atoms with Gasteiger partial charge in [0.25, 0.3) is 0 Å². The lowest BCUT2D eigenvalue weighted by Gasteiger charge is -2.12. The summed E-state index contributed by atoms with van der Waals surface area (Å²) in [5.41, 5.74) is 2.03. The van der Waals surface area contributed by atoms with E-state index < -0.39 is 0 Å². The molecule has 0 aliphatic carbocycles. The van der Waals surface area contributed by atoms with Gasteiger partial charge in [-0.15, -0.1) is 0 Å². The molecular weight excluding hydrogens is 412 g/mol. The molecule has 2 amide bonds. The third kappa shape index (κ3) is 4.96. The van der Waals surface area contributed by atoms with Gasteiger partial charge in [0.1, 0.15) is 0 Å². The molecule has 0 saturated carbocycles. The second-order valence-electron chi connectivity index (χ2n) is 4.73. The molecule has 2 rings (SSSR count). The Morgan fingerprint density at radius 3 is 2.36 bits per heavy atom. The summed E-state index contributed by atoms with van der Waals surface area (Å²) in [6.45, 7) is 1.43. The summed E-state index contributed by atoms with van der Waals surface area (Å²) in [5.74, 6) is -0.340. The first-order chi connectivity index (χ1) is 10.4. The van der Waals surface area contributed by atoms with Gasteiger partial charge in [-0.05, 0) is 35.9 Å². The molecule has 114 valence electrons. The van der Waals surface area contributed by atoms with Crippen LogP contribution in [0.3, 0.4) is 0 Å². The van der Waals surface area contributed by atoms with Crippen LogP contribution >= 0.6 is 31.9 Å². The molecule has 0 heterocycles. The molecule has 0 radical (unpaired) electrons. The highest BCUT2D eigenvalue weighted by Gasteiger charge is 2.10. The van der Waals surface area contributed by atoms with E-state index in [1.54, 1.807) is 18.2 Å². The summed E-state index contributed by atoms with van der Waals surface area (Å²) in [6, 6.07) is 12.9. The fraction of sp³-hybridized carbons (Fsp3) is 0.125. The summed E-state index contributed by atoms with van der Waals surface area (Å²) < 4.78 is 1.75. The molecule has 0 saturated heterocycles. The molecule has 0 atom stereocenters. The Labute approximate surface area is 145 Å². The number of anilines is 2. The number of amides is 2. The molecule has 0 bridgehead atoms. The predicted molar refractivity (Wildman–Crippen MR) is 94.9 cm³/mol. The fourth-order valence-corrected chi connectivity index (χ4v) is 2.75. The number of hydrogen-bond acceptors (Lipinski definition) is 2. The maximum atomic E-state index is 12.2. The Balaban J connectivity index is 2.13. The van der Waals surface area contributed by atoms with E-state index in [4.69, 9.17) is 0 Å². The molecule has 0 spiro atoms. The summed E-state index contributed by atoms with van der Waals surface area (Å²) in [6.07, 6.45) is 0.255. The van der Waals surface area contributed by atoms with E-state index in [9.17, 15) is 9.59 Å². The van der Waals surface area contributed by atoms with Crippen molar-refractivity contribution in [2.24, 2.45) is 0 Å². The predicted octanol–water partition coefficient (Wildman–Crippen LogP) is 4.35. The SMILES string of the molecule is CC(=O)Nc1ccc(Br)cc1NC(=O)Cc1cccc(Br)c1. The Morgan fingerprint density at radius 1 is 0.955 bits per heavy atom. The van der Waals surface area contributed by atoms with Crippen LogP contribution < -0.4 is 10.6 Å². The van der Waals surface area contributed by atoms with Crippen LogP contribution in [-0.2, 0) is 16.0 Å². The fourth-order valence-electron chi connectivity index (χ4n) is 1.95. The van der Waals surface area contributed by atoms with Crippen LogP contribution in [0.5, 0.6) is 0 Å². The van der Waals surface area contributed by atoms with Gasteiger partial charge < -0.3 is 10.6 Å². The molecule has 0 fully saturated rings. The van der Waals surface area contributed by atoms with E-state index in [1.165, 1.54) is 6.92 Å². The molecule has 0 unspecified atom stereocenters. The molecule has 0 aliphatic rings. The Kier molecular flexibility index (Phi) is 5.74. The summed E-state index contributed by atoms with van der Waals surface area (Å²) in [4.78, 5) is 23.4. The van der Waals surface area contributed by atoms with E-state index in [-0.39, 0.29) is 18.2 Å². The first-order valence-corrected chi connectivity index (χ1v) is 8.14. The monoisotopic (exact) mass is 424 g/mol. The number of carbonyl (C=O) groups excluding carboxylic acids is 2. The average molecular weight is 426 g/mol. The zero-order valence-electron chi connectivity index (χ0n) is 11.8. The van der Waals surface area contributed by atoms with Crippen LogP contribution in [-0.4, -0.2) is 11.8 Å². The van der Waals surface area contributed by atoms with Gasteiger partial charge in [-0.25, -0.2) is 0 Å². The van der Waals surface area contributed by atoms with E-state index in [0.29, 0.717) is 11.4 Å². The largest absolute Gasteiger partial charge is 0.325 e. The van der Waals surface area contributed by atoms with E-state index in [0.717, 1.165) is 14.5 Å². The van der Waals surface area contributed by atoms with Crippen molar-refractivity contribution in [2.45, 2.75) is 13.3 Å². The van der Waals surface area contributed by atoms with Gasteiger partial charge in [-0.3, -0.25) is 9.59 Å². The minimum absolute atomic E-state index is 0.150. The van der Waals surface area contributed by atoms with Crippen molar-refractivity contribution in [3.63, 3.8) is 0 Å². The lowest BCUT2D eigenvalue weighted by molar-refractivity contribution is -0.116. The van der Waals surface area contributed by atoms with Gasteiger partial charge >= 0.3 is 0 Å². The maximum Gasteiger partial charge on any atom is 0.228 e. The zero-order valence-corrected chi connectivity index (χ0v) is 15.0. The molecular formula is C16H14Br2N2O2.